The molecule has 5 heteroatoms. The van der Waals surface area contributed by atoms with E-state index in [-0.39, 0.29) is 23.3 Å². The number of carbonyl (C=O) groups excluding carboxylic acids is 2. The van der Waals surface area contributed by atoms with Gasteiger partial charge in [-0.3, -0.25) is 9.59 Å². The number of carbonyl (C=O) groups is 2. The molecular formula is C13H15N3O2. The van der Waals surface area contributed by atoms with Gasteiger partial charge in [0.1, 0.15) is 5.69 Å². The van der Waals surface area contributed by atoms with Gasteiger partial charge in [-0.2, -0.15) is 0 Å². The van der Waals surface area contributed by atoms with Crippen LogP contribution in [0.4, 0.5) is 0 Å². The highest BCUT2D eigenvalue weighted by Crippen LogP contribution is 2.34. The molecule has 5 nitrogen and oxygen atoms in total. The van der Waals surface area contributed by atoms with Crippen LogP contribution in [-0.2, 0) is 13.0 Å². The largest absolute Gasteiger partial charge is 0.395 e. The molecule has 0 amide bonds. The monoisotopic (exact) mass is 245 g/mol. The zero-order valence-corrected chi connectivity index (χ0v) is 10.4. The van der Waals surface area contributed by atoms with Crippen molar-refractivity contribution in [1.82, 2.24) is 4.57 Å². The fourth-order valence-electron chi connectivity index (χ4n) is 2.93. The summed E-state index contributed by atoms with van der Waals surface area (Å²) in [4.78, 5) is 24.5. The van der Waals surface area contributed by atoms with Crippen LogP contribution < -0.4 is 11.5 Å². The van der Waals surface area contributed by atoms with Gasteiger partial charge in [0.2, 0.25) is 11.6 Å². The number of rotatable bonds is 0. The van der Waals surface area contributed by atoms with Crippen LogP contribution in [0.1, 0.15) is 39.0 Å². The highest BCUT2D eigenvalue weighted by atomic mass is 16.1. The minimum atomic E-state index is -0.227. The van der Waals surface area contributed by atoms with Crippen molar-refractivity contribution in [1.29, 1.82) is 0 Å². The first-order chi connectivity index (χ1) is 8.43. The van der Waals surface area contributed by atoms with Gasteiger partial charge >= 0.3 is 0 Å². The van der Waals surface area contributed by atoms with Gasteiger partial charge in [-0.15, -0.1) is 0 Å². The Labute approximate surface area is 104 Å². The number of ketones is 2. The molecule has 0 saturated carbocycles. The molecule has 0 saturated heterocycles. The molecule has 0 unspecified atom stereocenters. The topological polar surface area (TPSA) is 91.1 Å². The molecule has 3 rings (SSSR count). The molecule has 4 N–H and O–H groups in total. The first-order valence-electron chi connectivity index (χ1n) is 5.96. The van der Waals surface area contributed by atoms with E-state index in [0.29, 0.717) is 29.8 Å². The molecule has 0 aromatic carbocycles. The van der Waals surface area contributed by atoms with E-state index in [4.69, 9.17) is 11.5 Å². The average molecular weight is 245 g/mol. The number of Topliss-reactive ketones (excluding diaryl/α,β-unsaturated/α-hetero) is 2. The molecule has 2 aliphatic rings. The minimum Gasteiger partial charge on any atom is -0.395 e. The van der Waals surface area contributed by atoms with E-state index >= 15 is 0 Å². The Bertz CT molecular complexity index is 637. The first-order valence-corrected chi connectivity index (χ1v) is 5.96. The van der Waals surface area contributed by atoms with Gasteiger partial charge in [-0.05, 0) is 19.4 Å². The Morgan fingerprint density at radius 3 is 2.56 bits per heavy atom. The third-order valence-corrected chi connectivity index (χ3v) is 3.94. The summed E-state index contributed by atoms with van der Waals surface area (Å²) in [7, 11) is 0. The van der Waals surface area contributed by atoms with E-state index < -0.39 is 0 Å². The Morgan fingerprint density at radius 1 is 1.22 bits per heavy atom. The lowest BCUT2D eigenvalue weighted by molar-refractivity contribution is 0.0967. The highest BCUT2D eigenvalue weighted by Gasteiger charge is 2.38. The number of fused-ring (bicyclic) bond motifs is 3. The van der Waals surface area contributed by atoms with Gasteiger partial charge in [0.15, 0.2) is 0 Å². The van der Waals surface area contributed by atoms with E-state index in [9.17, 15) is 9.59 Å². The molecule has 1 atom stereocenters. The first kappa shape index (κ1) is 11.2. The summed E-state index contributed by atoms with van der Waals surface area (Å²) >= 11 is 0. The van der Waals surface area contributed by atoms with Crippen LogP contribution in [-0.4, -0.2) is 22.2 Å². The molecule has 1 aliphatic carbocycles. The smallest absolute Gasteiger partial charge is 0.211 e. The van der Waals surface area contributed by atoms with Gasteiger partial charge in [0.25, 0.3) is 0 Å². The molecular weight excluding hydrogens is 230 g/mol. The van der Waals surface area contributed by atoms with Gasteiger partial charge in [0.05, 0.1) is 11.3 Å². The van der Waals surface area contributed by atoms with Gasteiger partial charge in [-0.1, -0.05) is 0 Å². The number of aromatic nitrogens is 1. The lowest BCUT2D eigenvalue weighted by atomic mass is 9.90. The maximum absolute atomic E-state index is 12.3. The Balaban J connectivity index is 2.32. The molecule has 94 valence electrons. The van der Waals surface area contributed by atoms with Gasteiger partial charge < -0.3 is 16.0 Å². The molecule has 2 heterocycles. The zero-order valence-electron chi connectivity index (χ0n) is 10.4. The number of allylic oxidation sites excluding steroid dienone is 2. The molecule has 1 aromatic rings. The molecule has 1 aromatic heterocycles. The van der Waals surface area contributed by atoms with Crippen molar-refractivity contribution >= 4 is 11.6 Å². The lowest BCUT2D eigenvalue weighted by Gasteiger charge is -2.16. The Morgan fingerprint density at radius 2 is 1.89 bits per heavy atom. The summed E-state index contributed by atoms with van der Waals surface area (Å²) in [6.07, 6.45) is 0.707. The van der Waals surface area contributed by atoms with E-state index in [1.807, 2.05) is 11.5 Å². The van der Waals surface area contributed by atoms with Crippen molar-refractivity contribution in [2.75, 3.05) is 0 Å². The molecule has 0 bridgehead atoms. The maximum Gasteiger partial charge on any atom is 0.211 e. The van der Waals surface area contributed by atoms with Crippen LogP contribution in [0.5, 0.6) is 0 Å². The van der Waals surface area contributed by atoms with Crippen molar-refractivity contribution in [3.8, 4) is 0 Å². The Kier molecular flexibility index (Phi) is 2.07. The maximum atomic E-state index is 12.3. The van der Waals surface area contributed by atoms with Crippen molar-refractivity contribution in [2.45, 2.75) is 32.9 Å². The van der Waals surface area contributed by atoms with E-state index in [2.05, 4.69) is 0 Å². The fourth-order valence-corrected chi connectivity index (χ4v) is 2.93. The van der Waals surface area contributed by atoms with Crippen LogP contribution >= 0.6 is 0 Å². The zero-order chi connectivity index (χ0) is 13.2. The third kappa shape index (κ3) is 1.14. The minimum absolute atomic E-state index is 0.0236. The second-order valence-electron chi connectivity index (χ2n) is 5.07. The van der Waals surface area contributed by atoms with Crippen molar-refractivity contribution < 1.29 is 9.59 Å². The number of hydrogen-bond acceptors (Lipinski definition) is 4. The van der Waals surface area contributed by atoms with Crippen LogP contribution in [0, 0.1) is 6.92 Å². The van der Waals surface area contributed by atoms with Crippen LogP contribution in [0.2, 0.25) is 0 Å². The Hall–Kier alpha value is -1.88. The van der Waals surface area contributed by atoms with E-state index in [1.54, 1.807) is 6.92 Å². The predicted molar refractivity (Wildman–Crippen MR) is 66.4 cm³/mol. The molecule has 1 aliphatic heterocycles. The van der Waals surface area contributed by atoms with Gasteiger partial charge in [0, 0.05) is 30.3 Å². The van der Waals surface area contributed by atoms with Crippen LogP contribution in [0.3, 0.4) is 0 Å². The second-order valence-corrected chi connectivity index (χ2v) is 5.07. The van der Waals surface area contributed by atoms with Crippen LogP contribution in [0.25, 0.3) is 0 Å². The molecule has 0 fully saturated rings. The molecule has 0 radical (unpaired) electrons. The number of nitrogens with zero attached hydrogens (tertiary/aromatic N) is 1. The SMILES string of the molecule is CC1=C(N)C(=O)c2c(C)c3n(c2C1=O)C[C@@H](N)C3. The molecule has 0 spiro atoms. The molecule has 18 heavy (non-hydrogen) atoms. The number of nitrogens with two attached hydrogens (primary N) is 2. The van der Waals surface area contributed by atoms with E-state index in [0.717, 1.165) is 11.3 Å². The van der Waals surface area contributed by atoms with Crippen molar-refractivity contribution in [3.63, 3.8) is 0 Å². The predicted octanol–water partition coefficient (Wildman–Crippen LogP) is 0.292. The van der Waals surface area contributed by atoms with E-state index in [1.165, 1.54) is 0 Å². The lowest BCUT2D eigenvalue weighted by Crippen LogP contribution is -2.29. The van der Waals surface area contributed by atoms with Crippen LogP contribution in [0.15, 0.2) is 11.3 Å². The summed E-state index contributed by atoms with van der Waals surface area (Å²) < 4.78 is 1.89. The van der Waals surface area contributed by atoms with Gasteiger partial charge in [-0.25, -0.2) is 0 Å². The van der Waals surface area contributed by atoms with Crippen molar-refractivity contribution in [3.05, 3.63) is 33.8 Å². The number of hydrogen-bond donors (Lipinski definition) is 2. The average Bonchev–Trinajstić information content (AvgIpc) is 2.81. The summed E-state index contributed by atoms with van der Waals surface area (Å²) in [6.45, 7) is 4.06. The summed E-state index contributed by atoms with van der Waals surface area (Å²) in [5.41, 5.74) is 14.9. The summed E-state index contributed by atoms with van der Waals surface area (Å²) in [5, 5.41) is 0. The van der Waals surface area contributed by atoms with Crippen molar-refractivity contribution in [2.24, 2.45) is 11.5 Å². The fraction of sp³-hybridized carbons (Fsp3) is 0.385. The normalized spacial score (nSPS) is 22.5. The standard InChI is InChI=1S/C13H15N3O2/c1-5-8-3-7(14)4-16(8)11-9(5)13(18)10(15)6(2)12(11)17/h7H,3-4,14-15H2,1-2H3/t7-/m0/s1. The second kappa shape index (κ2) is 3.32. The summed E-state index contributed by atoms with van der Waals surface area (Å²) in [6, 6.07) is 0.0236. The quantitative estimate of drug-likeness (QED) is 0.687. The third-order valence-electron chi connectivity index (χ3n) is 3.94. The highest BCUT2D eigenvalue weighted by molar-refractivity contribution is 6.26. The summed E-state index contributed by atoms with van der Waals surface area (Å²) in [5.74, 6) is -0.374.